The first-order chi connectivity index (χ1) is 7.05. The van der Waals surface area contributed by atoms with E-state index in [-0.39, 0.29) is 0 Å². The lowest BCUT2D eigenvalue weighted by molar-refractivity contribution is -0.0996. The summed E-state index contributed by atoms with van der Waals surface area (Å²) in [4.78, 5) is 0. The molecule has 0 N–H and O–H groups in total. The van der Waals surface area contributed by atoms with Crippen LogP contribution in [0, 0.1) is 6.20 Å². The maximum absolute atomic E-state index is 12.1. The van der Waals surface area contributed by atoms with Gasteiger partial charge in [-0.15, -0.1) is 0 Å². The zero-order valence-electron chi connectivity index (χ0n) is 7.05. The fraction of sp³-hybridized carbons (Fsp3) is 0.429. The Bertz CT molecular complexity index is 344. The molecule has 0 aromatic carbocycles. The second-order valence-electron chi connectivity index (χ2n) is 2.66. The van der Waals surface area contributed by atoms with Gasteiger partial charge in [0.05, 0.1) is 11.1 Å². The summed E-state index contributed by atoms with van der Waals surface area (Å²) in [5.41, 5.74) is -6.62. The smallest absolute Gasteiger partial charge is 0.240 e. The van der Waals surface area contributed by atoms with Crippen LogP contribution in [0.4, 0.5) is 35.1 Å². The molecule has 0 aromatic rings. The first-order valence-corrected chi connectivity index (χ1v) is 3.56. The molecule has 1 heterocycles. The minimum Gasteiger partial charge on any atom is -0.240 e. The fourth-order valence-corrected chi connectivity index (χ4v) is 0.995. The molecule has 90 valence electrons. The van der Waals surface area contributed by atoms with Gasteiger partial charge in [-0.2, -0.15) is 26.3 Å². The van der Waals surface area contributed by atoms with Crippen LogP contribution in [0.3, 0.4) is 0 Å². The van der Waals surface area contributed by atoms with Crippen molar-refractivity contribution in [1.82, 2.24) is 5.32 Å². The largest absolute Gasteiger partial charge is 0.433 e. The van der Waals surface area contributed by atoms with Gasteiger partial charge in [0.25, 0.3) is 6.43 Å². The monoisotopic (exact) mass is 251 g/mol. The highest BCUT2D eigenvalue weighted by atomic mass is 19.4. The van der Waals surface area contributed by atoms with Gasteiger partial charge in [-0.3, -0.25) is 0 Å². The first kappa shape index (κ1) is 12.8. The molecule has 1 rings (SSSR count). The van der Waals surface area contributed by atoms with Gasteiger partial charge in [0, 0.05) is 0 Å². The van der Waals surface area contributed by atoms with Gasteiger partial charge in [-0.25, -0.2) is 14.1 Å². The molecule has 1 aliphatic rings. The van der Waals surface area contributed by atoms with Crippen molar-refractivity contribution in [1.29, 1.82) is 0 Å². The molecular weight excluding hydrogens is 250 g/mol. The average Bonchev–Trinajstić information content (AvgIpc) is 2.43. The first-order valence-electron chi connectivity index (χ1n) is 3.56. The number of alkyl halides is 8. The van der Waals surface area contributed by atoms with Crippen LogP contribution in [-0.4, -0.2) is 18.8 Å². The summed E-state index contributed by atoms with van der Waals surface area (Å²) < 4.78 is 96.4. The molecule has 0 aliphatic carbocycles. The number of allylic oxidation sites excluding steroid dienone is 3. The summed E-state index contributed by atoms with van der Waals surface area (Å²) in [6, 6.07) is 0. The normalized spacial score (nSPS) is 17.9. The molecular formula is C7HF8N. The van der Waals surface area contributed by atoms with Crippen molar-refractivity contribution in [2.24, 2.45) is 0 Å². The predicted molar refractivity (Wildman–Crippen MR) is 34.0 cm³/mol. The highest BCUT2D eigenvalue weighted by Gasteiger charge is 2.50. The van der Waals surface area contributed by atoms with Crippen molar-refractivity contribution in [3.63, 3.8) is 0 Å². The minimum absolute atomic E-state index is 0.927. The molecule has 0 fully saturated rings. The molecule has 2 radical (unpaired) electrons. The topological polar surface area (TPSA) is 14.1 Å². The Balaban J connectivity index is 3.25. The van der Waals surface area contributed by atoms with Crippen LogP contribution in [0.2, 0.25) is 0 Å². The third-order valence-corrected chi connectivity index (χ3v) is 1.57. The second-order valence-corrected chi connectivity index (χ2v) is 2.66. The van der Waals surface area contributed by atoms with Gasteiger partial charge in [0.15, 0.2) is 5.70 Å². The van der Waals surface area contributed by atoms with E-state index in [0.29, 0.717) is 0 Å². The maximum Gasteiger partial charge on any atom is 0.433 e. The molecule has 0 saturated heterocycles. The summed E-state index contributed by atoms with van der Waals surface area (Å²) in [5, 5.41) is 2.23. The molecule has 1 aliphatic heterocycles. The number of rotatable bonds is 1. The third kappa shape index (κ3) is 2.27. The van der Waals surface area contributed by atoms with Crippen LogP contribution < -0.4 is 5.32 Å². The summed E-state index contributed by atoms with van der Waals surface area (Å²) in [5.74, 6) is 0. The third-order valence-electron chi connectivity index (χ3n) is 1.57. The molecule has 0 unspecified atom stereocenters. The van der Waals surface area contributed by atoms with Crippen molar-refractivity contribution in [3.8, 4) is 0 Å². The van der Waals surface area contributed by atoms with Crippen molar-refractivity contribution >= 4 is 0 Å². The van der Waals surface area contributed by atoms with E-state index in [1.165, 1.54) is 0 Å². The average molecular weight is 251 g/mol. The Morgan fingerprint density at radius 1 is 0.938 bits per heavy atom. The van der Waals surface area contributed by atoms with E-state index in [2.05, 4.69) is 5.32 Å². The van der Waals surface area contributed by atoms with Gasteiger partial charge in [0.1, 0.15) is 6.20 Å². The van der Waals surface area contributed by atoms with Gasteiger partial charge in [0.2, 0.25) is 0 Å². The molecule has 0 amide bonds. The molecule has 0 saturated carbocycles. The minimum atomic E-state index is -5.37. The SMILES string of the molecule is FC(F)C1=C(C(F)(F)F)[N][C]=C1C(F)(F)F. The van der Waals surface area contributed by atoms with Crippen molar-refractivity contribution < 1.29 is 35.1 Å². The zero-order chi connectivity index (χ0) is 12.7. The molecule has 16 heavy (non-hydrogen) atoms. The van der Waals surface area contributed by atoms with E-state index in [1.54, 1.807) is 0 Å². The van der Waals surface area contributed by atoms with E-state index in [9.17, 15) is 35.1 Å². The molecule has 9 heteroatoms. The Kier molecular flexibility index (Phi) is 2.90. The van der Waals surface area contributed by atoms with Crippen LogP contribution in [-0.2, 0) is 0 Å². The summed E-state index contributed by atoms with van der Waals surface area (Å²) >= 11 is 0. The molecule has 0 aromatic heterocycles. The van der Waals surface area contributed by atoms with E-state index in [0.717, 1.165) is 6.20 Å². The van der Waals surface area contributed by atoms with Crippen molar-refractivity contribution in [2.75, 3.05) is 0 Å². The van der Waals surface area contributed by atoms with Gasteiger partial charge in [-0.1, -0.05) is 0 Å². The van der Waals surface area contributed by atoms with Crippen LogP contribution >= 0.6 is 0 Å². The maximum atomic E-state index is 12.1. The lowest BCUT2D eigenvalue weighted by atomic mass is 10.1. The predicted octanol–water partition coefficient (Wildman–Crippen LogP) is 2.94. The zero-order valence-corrected chi connectivity index (χ0v) is 7.05. The van der Waals surface area contributed by atoms with Gasteiger partial charge < -0.3 is 0 Å². The Hall–Kier alpha value is -1.28. The summed E-state index contributed by atoms with van der Waals surface area (Å²) in [6.07, 6.45) is -13.7. The molecule has 0 atom stereocenters. The number of hydrogen-bond donors (Lipinski definition) is 0. The number of halogens is 8. The number of hydrogen-bond acceptors (Lipinski definition) is 0. The number of nitrogens with zero attached hydrogens (tertiary/aromatic N) is 1. The van der Waals surface area contributed by atoms with Gasteiger partial charge >= 0.3 is 12.4 Å². The van der Waals surface area contributed by atoms with Gasteiger partial charge in [-0.05, 0) is 0 Å². The molecule has 1 nitrogen and oxygen atoms in total. The van der Waals surface area contributed by atoms with Crippen LogP contribution in [0.1, 0.15) is 0 Å². The molecule has 0 spiro atoms. The van der Waals surface area contributed by atoms with E-state index in [4.69, 9.17) is 0 Å². The van der Waals surface area contributed by atoms with Crippen molar-refractivity contribution in [2.45, 2.75) is 18.8 Å². The standard InChI is InChI=1S/C7HF8N/c8-5(9)3-2(6(10,11)12)1-16-4(3)7(13,14)15/h5H. The van der Waals surface area contributed by atoms with E-state index < -0.39 is 35.6 Å². The highest BCUT2D eigenvalue weighted by Crippen LogP contribution is 2.42. The summed E-state index contributed by atoms with van der Waals surface area (Å²) in [6.45, 7) is 0. The van der Waals surface area contributed by atoms with Crippen LogP contribution in [0.25, 0.3) is 0 Å². The Labute approximate surface area is 83.4 Å². The van der Waals surface area contributed by atoms with E-state index in [1.807, 2.05) is 0 Å². The molecule has 0 bridgehead atoms. The Morgan fingerprint density at radius 3 is 1.75 bits per heavy atom. The van der Waals surface area contributed by atoms with Crippen molar-refractivity contribution in [3.05, 3.63) is 23.0 Å². The van der Waals surface area contributed by atoms with E-state index >= 15 is 0 Å². The second kappa shape index (κ2) is 3.63. The van der Waals surface area contributed by atoms with Crippen LogP contribution in [0.5, 0.6) is 0 Å². The highest BCUT2D eigenvalue weighted by molar-refractivity contribution is 5.44. The quantitative estimate of drug-likeness (QED) is 0.636. The summed E-state index contributed by atoms with van der Waals surface area (Å²) in [7, 11) is 0. The lowest BCUT2D eigenvalue weighted by Gasteiger charge is -2.13. The lowest BCUT2D eigenvalue weighted by Crippen LogP contribution is -2.22. The Morgan fingerprint density at radius 2 is 1.44 bits per heavy atom. The fourth-order valence-electron chi connectivity index (χ4n) is 0.995. The van der Waals surface area contributed by atoms with Crippen LogP contribution in [0.15, 0.2) is 16.8 Å².